The zero-order valence-electron chi connectivity index (χ0n) is 13.8. The summed E-state index contributed by atoms with van der Waals surface area (Å²) in [6, 6.07) is 10.2. The van der Waals surface area contributed by atoms with Crippen LogP contribution in [-0.4, -0.2) is 23.5 Å². The molecule has 0 heterocycles. The van der Waals surface area contributed by atoms with Gasteiger partial charge in [-0.25, -0.2) is 0 Å². The fourth-order valence-corrected chi connectivity index (χ4v) is 2.17. The second-order valence-electron chi connectivity index (χ2n) is 6.51. The topological polar surface area (TPSA) is 66.4 Å². The molecule has 0 saturated heterocycles. The number of aliphatic carboxylic acids is 1. The van der Waals surface area contributed by atoms with Crippen LogP contribution in [0.15, 0.2) is 30.3 Å². The van der Waals surface area contributed by atoms with Crippen LogP contribution in [0.1, 0.15) is 45.6 Å². The molecule has 0 aliphatic carbocycles. The molecule has 4 nitrogen and oxygen atoms in total. The van der Waals surface area contributed by atoms with Crippen LogP contribution in [0.5, 0.6) is 0 Å². The fourth-order valence-electron chi connectivity index (χ4n) is 2.17. The summed E-state index contributed by atoms with van der Waals surface area (Å²) in [7, 11) is 0. The molecule has 4 heteroatoms. The number of rotatable bonds is 9. The smallest absolute Gasteiger partial charge is 0.309 e. The van der Waals surface area contributed by atoms with Crippen molar-refractivity contribution in [3.8, 4) is 0 Å². The molecule has 0 bridgehead atoms. The third-order valence-corrected chi connectivity index (χ3v) is 4.02. The molecule has 0 aromatic heterocycles. The van der Waals surface area contributed by atoms with E-state index in [9.17, 15) is 9.59 Å². The average molecular weight is 305 g/mol. The standard InChI is InChI=1S/C18H27NO3/c1-14(8-7-11-15-9-5-4-6-10-15)16(20)19-13-12-18(2,3)17(21)22/h4-6,9-10,14H,7-8,11-13H2,1-3H3,(H,19,20)(H,21,22). The predicted molar refractivity (Wildman–Crippen MR) is 87.6 cm³/mol. The molecule has 0 aliphatic rings. The molecule has 1 amide bonds. The van der Waals surface area contributed by atoms with Gasteiger partial charge in [0.05, 0.1) is 5.41 Å². The van der Waals surface area contributed by atoms with Crippen LogP contribution in [0.4, 0.5) is 0 Å². The number of hydrogen-bond acceptors (Lipinski definition) is 2. The maximum Gasteiger partial charge on any atom is 0.309 e. The van der Waals surface area contributed by atoms with Crippen molar-refractivity contribution in [3.05, 3.63) is 35.9 Å². The van der Waals surface area contributed by atoms with E-state index in [1.54, 1.807) is 13.8 Å². The van der Waals surface area contributed by atoms with E-state index in [1.165, 1.54) is 5.56 Å². The summed E-state index contributed by atoms with van der Waals surface area (Å²) in [5.74, 6) is -0.872. The molecule has 0 radical (unpaired) electrons. The Labute approximate surface area is 132 Å². The Morgan fingerprint density at radius 1 is 1.23 bits per heavy atom. The zero-order chi connectivity index (χ0) is 16.6. The number of carboxylic acid groups (broad SMARTS) is 1. The molecule has 0 saturated carbocycles. The van der Waals surface area contributed by atoms with E-state index in [4.69, 9.17) is 5.11 Å². The van der Waals surface area contributed by atoms with Gasteiger partial charge in [0.15, 0.2) is 0 Å². The zero-order valence-corrected chi connectivity index (χ0v) is 13.8. The molecule has 0 aliphatic heterocycles. The summed E-state index contributed by atoms with van der Waals surface area (Å²) in [5, 5.41) is 11.9. The highest BCUT2D eigenvalue weighted by Gasteiger charge is 2.26. The quantitative estimate of drug-likeness (QED) is 0.736. The lowest BCUT2D eigenvalue weighted by Gasteiger charge is -2.20. The van der Waals surface area contributed by atoms with Gasteiger partial charge in [0.1, 0.15) is 0 Å². The average Bonchev–Trinajstić information content (AvgIpc) is 2.47. The number of nitrogens with one attached hydrogen (secondary N) is 1. The molecule has 1 rings (SSSR count). The molecule has 1 aromatic rings. The van der Waals surface area contributed by atoms with Crippen LogP contribution in [0.3, 0.4) is 0 Å². The van der Waals surface area contributed by atoms with E-state index in [2.05, 4.69) is 17.4 Å². The second kappa shape index (κ2) is 8.57. The first kappa shape index (κ1) is 18.2. The summed E-state index contributed by atoms with van der Waals surface area (Å²) < 4.78 is 0. The van der Waals surface area contributed by atoms with Crippen molar-refractivity contribution >= 4 is 11.9 Å². The van der Waals surface area contributed by atoms with E-state index >= 15 is 0 Å². The van der Waals surface area contributed by atoms with E-state index in [0.717, 1.165) is 19.3 Å². The number of carbonyl (C=O) groups is 2. The highest BCUT2D eigenvalue weighted by Crippen LogP contribution is 2.19. The summed E-state index contributed by atoms with van der Waals surface area (Å²) in [6.45, 7) is 5.67. The Balaban J connectivity index is 2.23. The highest BCUT2D eigenvalue weighted by molar-refractivity contribution is 5.78. The summed E-state index contributed by atoms with van der Waals surface area (Å²) in [6.07, 6.45) is 3.22. The van der Waals surface area contributed by atoms with Gasteiger partial charge in [0, 0.05) is 12.5 Å². The highest BCUT2D eigenvalue weighted by atomic mass is 16.4. The number of carboxylic acids is 1. The van der Waals surface area contributed by atoms with E-state index in [1.807, 2.05) is 25.1 Å². The first-order valence-corrected chi connectivity index (χ1v) is 7.88. The SMILES string of the molecule is CC(CCCc1ccccc1)C(=O)NCCC(C)(C)C(=O)O. The molecule has 122 valence electrons. The van der Waals surface area contributed by atoms with E-state index in [-0.39, 0.29) is 11.8 Å². The normalized spacial score (nSPS) is 12.7. The van der Waals surface area contributed by atoms with Gasteiger partial charge >= 0.3 is 5.97 Å². The third-order valence-electron chi connectivity index (χ3n) is 4.02. The second-order valence-corrected chi connectivity index (χ2v) is 6.51. The lowest BCUT2D eigenvalue weighted by molar-refractivity contribution is -0.147. The van der Waals surface area contributed by atoms with Gasteiger partial charge < -0.3 is 10.4 Å². The number of aryl methyl sites for hydroxylation is 1. The fraction of sp³-hybridized carbons (Fsp3) is 0.556. The van der Waals surface area contributed by atoms with Crippen LogP contribution in [-0.2, 0) is 16.0 Å². The molecule has 1 aromatic carbocycles. The van der Waals surface area contributed by atoms with Crippen molar-refractivity contribution < 1.29 is 14.7 Å². The molecule has 0 fully saturated rings. The largest absolute Gasteiger partial charge is 0.481 e. The summed E-state index contributed by atoms with van der Waals surface area (Å²) in [5.41, 5.74) is 0.488. The Morgan fingerprint density at radius 2 is 1.86 bits per heavy atom. The third kappa shape index (κ3) is 6.29. The maximum atomic E-state index is 12.0. The van der Waals surface area contributed by atoms with Gasteiger partial charge in [0.2, 0.25) is 5.91 Å². The van der Waals surface area contributed by atoms with Crippen LogP contribution in [0.2, 0.25) is 0 Å². The molecular weight excluding hydrogens is 278 g/mol. The first-order chi connectivity index (χ1) is 10.3. The monoisotopic (exact) mass is 305 g/mol. The van der Waals surface area contributed by atoms with Crippen LogP contribution >= 0.6 is 0 Å². The van der Waals surface area contributed by atoms with E-state index in [0.29, 0.717) is 13.0 Å². The minimum absolute atomic E-state index is 0.00857. The molecule has 1 atom stereocenters. The number of amides is 1. The summed E-state index contributed by atoms with van der Waals surface area (Å²) in [4.78, 5) is 23.0. The van der Waals surface area contributed by atoms with Crippen molar-refractivity contribution in [3.63, 3.8) is 0 Å². The molecule has 22 heavy (non-hydrogen) atoms. The van der Waals surface area contributed by atoms with Gasteiger partial charge in [-0.2, -0.15) is 0 Å². The van der Waals surface area contributed by atoms with Crippen molar-refractivity contribution in [2.75, 3.05) is 6.54 Å². The van der Waals surface area contributed by atoms with Crippen LogP contribution < -0.4 is 5.32 Å². The van der Waals surface area contributed by atoms with Crippen molar-refractivity contribution in [2.45, 2.75) is 46.5 Å². The Kier molecular flexibility index (Phi) is 7.09. The number of hydrogen-bond donors (Lipinski definition) is 2. The van der Waals surface area contributed by atoms with Crippen LogP contribution in [0.25, 0.3) is 0 Å². The Morgan fingerprint density at radius 3 is 2.45 bits per heavy atom. The van der Waals surface area contributed by atoms with Crippen molar-refractivity contribution in [1.29, 1.82) is 0 Å². The number of carbonyl (C=O) groups excluding carboxylic acids is 1. The van der Waals surface area contributed by atoms with Gasteiger partial charge in [-0.1, -0.05) is 37.3 Å². The predicted octanol–water partition coefficient (Wildman–Crippen LogP) is 3.26. The maximum absolute atomic E-state index is 12.0. The first-order valence-electron chi connectivity index (χ1n) is 7.88. The van der Waals surface area contributed by atoms with Crippen molar-refractivity contribution in [1.82, 2.24) is 5.32 Å². The molecule has 1 unspecified atom stereocenters. The van der Waals surface area contributed by atoms with Gasteiger partial charge in [-0.3, -0.25) is 9.59 Å². The van der Waals surface area contributed by atoms with E-state index < -0.39 is 11.4 Å². The van der Waals surface area contributed by atoms with Gasteiger partial charge in [-0.15, -0.1) is 0 Å². The Bertz CT molecular complexity index is 482. The number of benzene rings is 1. The minimum Gasteiger partial charge on any atom is -0.481 e. The molecule has 0 spiro atoms. The summed E-state index contributed by atoms with van der Waals surface area (Å²) >= 11 is 0. The van der Waals surface area contributed by atoms with Crippen LogP contribution in [0, 0.1) is 11.3 Å². The lowest BCUT2D eigenvalue weighted by atomic mass is 9.89. The van der Waals surface area contributed by atoms with Gasteiger partial charge in [-0.05, 0) is 45.1 Å². The van der Waals surface area contributed by atoms with Crippen molar-refractivity contribution in [2.24, 2.45) is 11.3 Å². The molecular formula is C18H27NO3. The Hall–Kier alpha value is -1.84. The minimum atomic E-state index is -0.836. The lowest BCUT2D eigenvalue weighted by Crippen LogP contribution is -2.34. The molecule has 2 N–H and O–H groups in total. The van der Waals surface area contributed by atoms with Gasteiger partial charge in [0.25, 0.3) is 0 Å².